The van der Waals surface area contributed by atoms with Crippen molar-refractivity contribution in [2.45, 2.75) is 51.0 Å². The molecule has 1 rings (SSSR count). The molecule has 4 N–H and O–H groups in total. The van der Waals surface area contributed by atoms with Gasteiger partial charge in [0.15, 0.2) is 0 Å². The molecule has 0 amide bonds. The fourth-order valence-corrected chi connectivity index (χ4v) is 2.53. The lowest BCUT2D eigenvalue weighted by atomic mass is 9.81. The van der Waals surface area contributed by atoms with Gasteiger partial charge in [-0.2, -0.15) is 0 Å². The lowest BCUT2D eigenvalue weighted by Gasteiger charge is -2.25. The lowest BCUT2D eigenvalue weighted by Crippen LogP contribution is -2.35. The van der Waals surface area contributed by atoms with Crippen LogP contribution in [-0.2, 0) is 9.59 Å². The third kappa shape index (κ3) is 4.73. The van der Waals surface area contributed by atoms with Gasteiger partial charge < -0.3 is 15.9 Å². The zero-order valence-corrected chi connectivity index (χ0v) is 9.97. The maximum Gasteiger partial charge on any atom is 0.320 e. The highest BCUT2D eigenvalue weighted by atomic mass is 16.4. The van der Waals surface area contributed by atoms with Crippen LogP contribution >= 0.6 is 0 Å². The van der Waals surface area contributed by atoms with Crippen molar-refractivity contribution in [3.05, 3.63) is 0 Å². The van der Waals surface area contributed by atoms with Crippen molar-refractivity contribution in [2.24, 2.45) is 17.6 Å². The Kier molecular flexibility index (Phi) is 5.41. The molecule has 0 radical (unpaired) electrons. The van der Waals surface area contributed by atoms with Crippen molar-refractivity contribution in [1.29, 1.82) is 0 Å². The molecule has 0 spiro atoms. The van der Waals surface area contributed by atoms with Crippen LogP contribution < -0.4 is 5.73 Å². The van der Waals surface area contributed by atoms with Gasteiger partial charge in [0.25, 0.3) is 0 Å². The number of hydrogen-bond acceptors (Lipinski definition) is 3. The molecule has 2 atom stereocenters. The highest BCUT2D eigenvalue weighted by molar-refractivity contribution is 5.75. The Labute approximate surface area is 101 Å². The van der Waals surface area contributed by atoms with Crippen LogP contribution in [0.5, 0.6) is 0 Å². The average molecular weight is 243 g/mol. The fourth-order valence-electron chi connectivity index (χ4n) is 2.53. The van der Waals surface area contributed by atoms with Gasteiger partial charge >= 0.3 is 11.9 Å². The molecule has 1 fully saturated rings. The van der Waals surface area contributed by atoms with Crippen molar-refractivity contribution >= 4 is 11.9 Å². The Morgan fingerprint density at radius 1 is 1.12 bits per heavy atom. The van der Waals surface area contributed by atoms with Crippen LogP contribution in [0.2, 0.25) is 0 Å². The number of carboxylic acids is 2. The van der Waals surface area contributed by atoms with E-state index in [-0.39, 0.29) is 6.42 Å². The van der Waals surface area contributed by atoms with Crippen LogP contribution in [0.3, 0.4) is 0 Å². The summed E-state index contributed by atoms with van der Waals surface area (Å²) in [5, 5.41) is 17.8. The van der Waals surface area contributed by atoms with E-state index in [0.717, 1.165) is 25.7 Å². The summed E-state index contributed by atoms with van der Waals surface area (Å²) in [5.41, 5.74) is 5.40. The van der Waals surface area contributed by atoms with Crippen LogP contribution in [-0.4, -0.2) is 28.2 Å². The summed E-state index contributed by atoms with van der Waals surface area (Å²) >= 11 is 0. The highest BCUT2D eigenvalue weighted by Gasteiger charge is 2.27. The molecule has 17 heavy (non-hydrogen) atoms. The van der Waals surface area contributed by atoms with E-state index in [1.165, 1.54) is 6.42 Å². The van der Waals surface area contributed by atoms with Gasteiger partial charge in [-0.1, -0.05) is 32.1 Å². The maximum absolute atomic E-state index is 11.1. The number of aliphatic carboxylic acids is 2. The second kappa shape index (κ2) is 6.59. The number of hydrogen-bond donors (Lipinski definition) is 3. The first-order chi connectivity index (χ1) is 8.00. The average Bonchev–Trinajstić information content (AvgIpc) is 2.29. The molecule has 0 aliphatic heterocycles. The smallest absolute Gasteiger partial charge is 0.320 e. The van der Waals surface area contributed by atoms with Crippen molar-refractivity contribution in [1.82, 2.24) is 0 Å². The predicted octanol–water partition coefficient (Wildman–Crippen LogP) is 1.46. The predicted molar refractivity (Wildman–Crippen MR) is 62.5 cm³/mol. The molecule has 5 heteroatoms. The molecule has 0 aromatic carbocycles. The van der Waals surface area contributed by atoms with Crippen LogP contribution in [0.4, 0.5) is 0 Å². The minimum Gasteiger partial charge on any atom is -0.481 e. The molecule has 98 valence electrons. The lowest BCUT2D eigenvalue weighted by molar-refractivity contribution is -0.144. The summed E-state index contributed by atoms with van der Waals surface area (Å²) in [5.74, 6) is -2.25. The molecule has 0 bridgehead atoms. The monoisotopic (exact) mass is 243 g/mol. The van der Waals surface area contributed by atoms with E-state index in [1.807, 2.05) is 0 Å². The fraction of sp³-hybridized carbons (Fsp3) is 0.833. The highest BCUT2D eigenvalue weighted by Crippen LogP contribution is 2.30. The Hall–Kier alpha value is -1.10. The van der Waals surface area contributed by atoms with Crippen LogP contribution in [0.15, 0.2) is 0 Å². The van der Waals surface area contributed by atoms with E-state index in [4.69, 9.17) is 15.9 Å². The van der Waals surface area contributed by atoms with Gasteiger partial charge in [-0.05, 0) is 18.8 Å². The number of carboxylic acid groups (broad SMARTS) is 2. The third-order valence-corrected chi connectivity index (χ3v) is 3.55. The number of rotatable bonds is 6. The summed E-state index contributed by atoms with van der Waals surface area (Å²) in [4.78, 5) is 21.7. The molecule has 5 nitrogen and oxygen atoms in total. The minimum absolute atomic E-state index is 0.0289. The van der Waals surface area contributed by atoms with Gasteiger partial charge in [0, 0.05) is 0 Å². The Morgan fingerprint density at radius 2 is 1.71 bits per heavy atom. The van der Waals surface area contributed by atoms with E-state index >= 15 is 0 Å². The first kappa shape index (κ1) is 14.0. The summed E-state index contributed by atoms with van der Waals surface area (Å²) in [6, 6.07) is -1.07. The molecule has 0 unspecified atom stereocenters. The molecular formula is C12H21NO4. The molecule has 0 aromatic heterocycles. The second-order valence-corrected chi connectivity index (χ2v) is 4.96. The van der Waals surface area contributed by atoms with E-state index in [2.05, 4.69) is 0 Å². The molecular weight excluding hydrogens is 222 g/mol. The van der Waals surface area contributed by atoms with Gasteiger partial charge in [0.2, 0.25) is 0 Å². The Bertz CT molecular complexity index is 274. The topological polar surface area (TPSA) is 101 Å². The summed E-state index contributed by atoms with van der Waals surface area (Å²) in [7, 11) is 0. The standard InChI is InChI=1S/C12H21NO4/c13-10(12(16)17)7-9(11(14)15)6-8-4-2-1-3-5-8/h8-10H,1-7,13H2,(H,14,15)(H,16,17)/t9-,10-/m1/s1. The summed E-state index contributed by atoms with van der Waals surface area (Å²) in [6.07, 6.45) is 6.25. The molecule has 1 aliphatic carbocycles. The molecule has 1 saturated carbocycles. The van der Waals surface area contributed by atoms with Crippen molar-refractivity contribution in [3.63, 3.8) is 0 Å². The third-order valence-electron chi connectivity index (χ3n) is 3.55. The summed E-state index contributed by atoms with van der Waals surface area (Å²) in [6.45, 7) is 0. The van der Waals surface area contributed by atoms with Crippen molar-refractivity contribution < 1.29 is 19.8 Å². The van der Waals surface area contributed by atoms with E-state index in [1.54, 1.807) is 0 Å². The van der Waals surface area contributed by atoms with Crippen molar-refractivity contribution in [3.8, 4) is 0 Å². The molecule has 0 aromatic rings. The van der Waals surface area contributed by atoms with Crippen molar-refractivity contribution in [2.75, 3.05) is 0 Å². The van der Waals surface area contributed by atoms with Crippen LogP contribution in [0.1, 0.15) is 44.9 Å². The zero-order chi connectivity index (χ0) is 12.8. The first-order valence-electron chi connectivity index (χ1n) is 6.22. The summed E-state index contributed by atoms with van der Waals surface area (Å²) < 4.78 is 0. The SMILES string of the molecule is N[C@H](C[C@@H](CC1CCCCC1)C(=O)O)C(=O)O. The Balaban J connectivity index is 2.47. The van der Waals surface area contributed by atoms with Gasteiger partial charge in [0.05, 0.1) is 5.92 Å². The zero-order valence-electron chi connectivity index (χ0n) is 9.97. The quantitative estimate of drug-likeness (QED) is 0.655. The number of nitrogens with two attached hydrogens (primary N) is 1. The normalized spacial score (nSPS) is 20.8. The van der Waals surface area contributed by atoms with Gasteiger partial charge in [-0.25, -0.2) is 0 Å². The maximum atomic E-state index is 11.1. The largest absolute Gasteiger partial charge is 0.481 e. The first-order valence-corrected chi connectivity index (χ1v) is 6.22. The van der Waals surface area contributed by atoms with Crippen LogP contribution in [0.25, 0.3) is 0 Å². The Morgan fingerprint density at radius 3 is 2.18 bits per heavy atom. The van der Waals surface area contributed by atoms with E-state index < -0.39 is 23.9 Å². The van der Waals surface area contributed by atoms with Gasteiger partial charge in [-0.15, -0.1) is 0 Å². The van der Waals surface area contributed by atoms with Gasteiger partial charge in [-0.3, -0.25) is 9.59 Å². The van der Waals surface area contributed by atoms with E-state index in [0.29, 0.717) is 12.3 Å². The molecule has 1 aliphatic rings. The van der Waals surface area contributed by atoms with Crippen LogP contribution in [0, 0.1) is 11.8 Å². The molecule has 0 saturated heterocycles. The van der Waals surface area contributed by atoms with Gasteiger partial charge in [0.1, 0.15) is 6.04 Å². The number of carbonyl (C=O) groups is 2. The molecule has 0 heterocycles. The minimum atomic E-state index is -1.13. The van der Waals surface area contributed by atoms with E-state index in [9.17, 15) is 9.59 Å². The second-order valence-electron chi connectivity index (χ2n) is 4.96.